The topological polar surface area (TPSA) is 26.0 Å². The van der Waals surface area contributed by atoms with E-state index in [1.54, 1.807) is 0 Å². The molecule has 1 aromatic rings. The van der Waals surface area contributed by atoms with Gasteiger partial charge in [-0.3, -0.25) is 0 Å². The van der Waals surface area contributed by atoms with E-state index in [9.17, 15) is 0 Å². The molecule has 1 aromatic carbocycles. The highest BCUT2D eigenvalue weighted by molar-refractivity contribution is 5.53. The highest BCUT2D eigenvalue weighted by Crippen LogP contribution is 2.59. The maximum atomic E-state index is 5.98. The Kier molecular flexibility index (Phi) is 1.66. The van der Waals surface area contributed by atoms with E-state index in [-0.39, 0.29) is 0 Å². The predicted molar refractivity (Wildman–Crippen MR) is 56.7 cm³/mol. The first-order valence-corrected chi connectivity index (χ1v) is 4.87. The Morgan fingerprint density at radius 2 is 2.00 bits per heavy atom. The molecule has 1 atom stereocenters. The molecule has 0 heterocycles. The molecule has 13 heavy (non-hydrogen) atoms. The average Bonchev–Trinajstić information content (AvgIpc) is 2.59. The summed E-state index contributed by atoms with van der Waals surface area (Å²) in [7, 11) is 0. The molecule has 1 heteroatoms. The smallest absolute Gasteiger partial charge is 0.0352 e. The van der Waals surface area contributed by atoms with Gasteiger partial charge in [0, 0.05) is 5.69 Å². The third-order valence-corrected chi connectivity index (χ3v) is 3.13. The van der Waals surface area contributed by atoms with Crippen molar-refractivity contribution in [3.63, 3.8) is 0 Å². The fraction of sp³-hybridized carbons (Fsp3) is 0.500. The Balaban J connectivity index is 2.33. The van der Waals surface area contributed by atoms with E-state index in [1.807, 2.05) is 0 Å². The lowest BCUT2D eigenvalue weighted by molar-refractivity contribution is 0.622. The van der Waals surface area contributed by atoms with Crippen LogP contribution in [0.15, 0.2) is 18.2 Å². The number of hydrogen-bond donors (Lipinski definition) is 1. The number of rotatable bonds is 1. The molecule has 0 aromatic heterocycles. The molecule has 1 unspecified atom stereocenters. The van der Waals surface area contributed by atoms with Gasteiger partial charge in [0.2, 0.25) is 0 Å². The summed E-state index contributed by atoms with van der Waals surface area (Å²) in [6.45, 7) is 6.69. The van der Waals surface area contributed by atoms with Crippen LogP contribution in [-0.2, 0) is 0 Å². The quantitative estimate of drug-likeness (QED) is 0.652. The van der Waals surface area contributed by atoms with Crippen molar-refractivity contribution >= 4 is 5.69 Å². The second-order valence-corrected chi connectivity index (χ2v) is 4.88. The van der Waals surface area contributed by atoms with Crippen LogP contribution >= 0.6 is 0 Å². The minimum absolute atomic E-state index is 0.476. The van der Waals surface area contributed by atoms with Crippen LogP contribution in [0.5, 0.6) is 0 Å². The molecule has 1 nitrogen and oxygen atoms in total. The standard InChI is InChI=1S/C12H17N/c1-8-4-5-9(11(13)6-8)10-7-12(10,2)3/h4-6,10H,7,13H2,1-3H3. The van der Waals surface area contributed by atoms with E-state index in [4.69, 9.17) is 5.73 Å². The summed E-state index contributed by atoms with van der Waals surface area (Å²) >= 11 is 0. The average molecular weight is 175 g/mol. The zero-order chi connectivity index (χ0) is 9.64. The Morgan fingerprint density at radius 1 is 1.38 bits per heavy atom. The molecule has 0 aliphatic heterocycles. The van der Waals surface area contributed by atoms with Crippen LogP contribution in [0.1, 0.15) is 37.3 Å². The van der Waals surface area contributed by atoms with Crippen LogP contribution in [0.2, 0.25) is 0 Å². The zero-order valence-corrected chi connectivity index (χ0v) is 8.59. The van der Waals surface area contributed by atoms with Crippen LogP contribution in [0.3, 0.4) is 0 Å². The first kappa shape index (κ1) is 8.61. The van der Waals surface area contributed by atoms with Crippen LogP contribution < -0.4 is 5.73 Å². The third-order valence-electron chi connectivity index (χ3n) is 3.13. The van der Waals surface area contributed by atoms with Gasteiger partial charge in [0.05, 0.1) is 0 Å². The van der Waals surface area contributed by atoms with E-state index >= 15 is 0 Å². The fourth-order valence-corrected chi connectivity index (χ4v) is 2.01. The number of nitrogen functional groups attached to an aromatic ring is 1. The van der Waals surface area contributed by atoms with Crippen molar-refractivity contribution < 1.29 is 0 Å². The van der Waals surface area contributed by atoms with Gasteiger partial charge in [0.25, 0.3) is 0 Å². The van der Waals surface area contributed by atoms with Gasteiger partial charge in [-0.1, -0.05) is 26.0 Å². The lowest BCUT2D eigenvalue weighted by Gasteiger charge is -2.07. The normalized spacial score (nSPS) is 24.4. The minimum Gasteiger partial charge on any atom is -0.398 e. The number of nitrogens with two attached hydrogens (primary N) is 1. The Labute approximate surface area is 80.0 Å². The lowest BCUT2D eigenvalue weighted by atomic mass is 10.0. The number of benzene rings is 1. The van der Waals surface area contributed by atoms with E-state index in [1.165, 1.54) is 17.5 Å². The summed E-state index contributed by atoms with van der Waals surface area (Å²) < 4.78 is 0. The summed E-state index contributed by atoms with van der Waals surface area (Å²) in [6, 6.07) is 6.41. The Hall–Kier alpha value is -0.980. The number of anilines is 1. The first-order chi connectivity index (χ1) is 6.00. The highest BCUT2D eigenvalue weighted by atomic mass is 14.6. The summed E-state index contributed by atoms with van der Waals surface area (Å²) in [6.07, 6.45) is 1.28. The van der Waals surface area contributed by atoms with E-state index in [0.717, 1.165) is 5.69 Å². The van der Waals surface area contributed by atoms with Gasteiger partial charge in [-0.2, -0.15) is 0 Å². The molecule has 1 fully saturated rings. The maximum absolute atomic E-state index is 5.98. The minimum atomic E-state index is 0.476. The SMILES string of the molecule is Cc1ccc(C2CC2(C)C)c(N)c1. The predicted octanol–water partition coefficient (Wildman–Crippen LogP) is 3.09. The van der Waals surface area contributed by atoms with Crippen LogP contribution in [0.25, 0.3) is 0 Å². The molecule has 0 saturated heterocycles. The molecule has 0 bridgehead atoms. The molecule has 70 valence electrons. The zero-order valence-electron chi connectivity index (χ0n) is 8.59. The number of aryl methyl sites for hydroxylation is 1. The maximum Gasteiger partial charge on any atom is 0.0352 e. The second-order valence-electron chi connectivity index (χ2n) is 4.88. The molecular formula is C12H17N. The fourth-order valence-electron chi connectivity index (χ4n) is 2.01. The summed E-state index contributed by atoms with van der Waals surface area (Å²) in [5.74, 6) is 0.688. The van der Waals surface area contributed by atoms with Gasteiger partial charge in [0.15, 0.2) is 0 Å². The van der Waals surface area contributed by atoms with Crippen LogP contribution in [0.4, 0.5) is 5.69 Å². The lowest BCUT2D eigenvalue weighted by Crippen LogP contribution is -1.96. The van der Waals surface area contributed by atoms with Gasteiger partial charge in [-0.25, -0.2) is 0 Å². The number of hydrogen-bond acceptors (Lipinski definition) is 1. The molecule has 0 amide bonds. The van der Waals surface area contributed by atoms with Gasteiger partial charge in [-0.15, -0.1) is 0 Å². The Bertz CT molecular complexity index is 339. The highest BCUT2D eigenvalue weighted by Gasteiger charge is 2.47. The first-order valence-electron chi connectivity index (χ1n) is 4.87. The van der Waals surface area contributed by atoms with Crippen molar-refractivity contribution in [2.45, 2.75) is 33.1 Å². The Morgan fingerprint density at radius 3 is 2.46 bits per heavy atom. The van der Waals surface area contributed by atoms with Crippen molar-refractivity contribution in [2.75, 3.05) is 5.73 Å². The molecule has 1 saturated carbocycles. The van der Waals surface area contributed by atoms with Gasteiger partial charge < -0.3 is 5.73 Å². The molecule has 0 spiro atoms. The van der Waals surface area contributed by atoms with Gasteiger partial charge in [-0.05, 0) is 41.9 Å². The molecule has 0 radical (unpaired) electrons. The van der Waals surface area contributed by atoms with Crippen molar-refractivity contribution in [2.24, 2.45) is 5.41 Å². The van der Waals surface area contributed by atoms with E-state index < -0.39 is 0 Å². The van der Waals surface area contributed by atoms with Gasteiger partial charge in [0.1, 0.15) is 0 Å². The summed E-state index contributed by atoms with van der Waals surface area (Å²) in [4.78, 5) is 0. The summed E-state index contributed by atoms with van der Waals surface area (Å²) in [5.41, 5.74) is 10.0. The molecule has 2 rings (SSSR count). The molecule has 1 aliphatic carbocycles. The second kappa shape index (κ2) is 2.50. The van der Waals surface area contributed by atoms with Gasteiger partial charge >= 0.3 is 0 Å². The van der Waals surface area contributed by atoms with Crippen LogP contribution in [0, 0.1) is 12.3 Å². The largest absolute Gasteiger partial charge is 0.398 e. The monoisotopic (exact) mass is 175 g/mol. The third kappa shape index (κ3) is 1.43. The van der Waals surface area contributed by atoms with Crippen molar-refractivity contribution in [1.82, 2.24) is 0 Å². The van der Waals surface area contributed by atoms with E-state index in [2.05, 4.69) is 39.0 Å². The van der Waals surface area contributed by atoms with Crippen molar-refractivity contribution in [1.29, 1.82) is 0 Å². The van der Waals surface area contributed by atoms with Crippen molar-refractivity contribution in [3.8, 4) is 0 Å². The van der Waals surface area contributed by atoms with Crippen LogP contribution in [-0.4, -0.2) is 0 Å². The molecular weight excluding hydrogens is 158 g/mol. The molecule has 1 aliphatic rings. The van der Waals surface area contributed by atoms with Crippen molar-refractivity contribution in [3.05, 3.63) is 29.3 Å². The molecule has 2 N–H and O–H groups in total. The summed E-state index contributed by atoms with van der Waals surface area (Å²) in [5, 5.41) is 0. The van der Waals surface area contributed by atoms with E-state index in [0.29, 0.717) is 11.3 Å².